The standard InChI is InChI=1S/C13H14F2N2S/c1-8(2)17-9(3)7-18-13(17)16-12-5-4-10(14)6-11(12)15/h4-8H,1-3H3. The van der Waals surface area contributed by atoms with Gasteiger partial charge < -0.3 is 4.57 Å². The number of aromatic nitrogens is 1. The Morgan fingerprint density at radius 3 is 2.61 bits per heavy atom. The topological polar surface area (TPSA) is 17.3 Å². The summed E-state index contributed by atoms with van der Waals surface area (Å²) in [6.45, 7) is 6.07. The van der Waals surface area contributed by atoms with Crippen molar-refractivity contribution in [3.05, 3.63) is 45.7 Å². The Bertz CT molecular complexity index is 626. The van der Waals surface area contributed by atoms with Gasteiger partial charge in [0.1, 0.15) is 11.5 Å². The molecule has 0 saturated heterocycles. The van der Waals surface area contributed by atoms with Crippen LogP contribution in [0, 0.1) is 18.6 Å². The van der Waals surface area contributed by atoms with Gasteiger partial charge >= 0.3 is 0 Å². The van der Waals surface area contributed by atoms with Crippen LogP contribution >= 0.6 is 11.3 Å². The molecule has 2 rings (SSSR count). The Morgan fingerprint density at radius 1 is 1.28 bits per heavy atom. The molecule has 1 aromatic heterocycles. The largest absolute Gasteiger partial charge is 0.319 e. The van der Waals surface area contributed by atoms with E-state index in [-0.39, 0.29) is 11.7 Å². The van der Waals surface area contributed by atoms with E-state index in [9.17, 15) is 8.78 Å². The monoisotopic (exact) mass is 268 g/mol. The maximum absolute atomic E-state index is 13.5. The minimum Gasteiger partial charge on any atom is -0.319 e. The average molecular weight is 268 g/mol. The summed E-state index contributed by atoms with van der Waals surface area (Å²) < 4.78 is 28.4. The van der Waals surface area contributed by atoms with Crippen LogP contribution in [-0.4, -0.2) is 4.57 Å². The van der Waals surface area contributed by atoms with Crippen LogP contribution in [0.3, 0.4) is 0 Å². The smallest absolute Gasteiger partial charge is 0.190 e. The third-order valence-electron chi connectivity index (χ3n) is 2.56. The first-order valence-corrected chi connectivity index (χ1v) is 6.53. The molecule has 5 heteroatoms. The van der Waals surface area contributed by atoms with Crippen molar-refractivity contribution in [1.29, 1.82) is 0 Å². The molecule has 0 saturated carbocycles. The summed E-state index contributed by atoms with van der Waals surface area (Å²) >= 11 is 1.45. The number of benzene rings is 1. The highest BCUT2D eigenvalue weighted by Gasteiger charge is 2.07. The highest BCUT2D eigenvalue weighted by Crippen LogP contribution is 2.18. The van der Waals surface area contributed by atoms with Gasteiger partial charge in [0.2, 0.25) is 0 Å². The van der Waals surface area contributed by atoms with Crippen molar-refractivity contribution in [2.45, 2.75) is 26.8 Å². The van der Waals surface area contributed by atoms with Gasteiger partial charge in [-0.05, 0) is 32.9 Å². The number of halogens is 2. The molecule has 18 heavy (non-hydrogen) atoms. The van der Waals surface area contributed by atoms with Crippen LogP contribution in [0.15, 0.2) is 28.6 Å². The zero-order chi connectivity index (χ0) is 13.3. The van der Waals surface area contributed by atoms with Gasteiger partial charge in [-0.3, -0.25) is 0 Å². The quantitative estimate of drug-likeness (QED) is 0.784. The van der Waals surface area contributed by atoms with Gasteiger partial charge in [0.05, 0.1) is 0 Å². The maximum Gasteiger partial charge on any atom is 0.190 e. The molecule has 0 fully saturated rings. The number of nitrogens with zero attached hydrogens (tertiary/aromatic N) is 2. The number of thiazole rings is 1. The normalized spacial score (nSPS) is 12.4. The van der Waals surface area contributed by atoms with Crippen molar-refractivity contribution in [2.24, 2.45) is 4.99 Å². The lowest BCUT2D eigenvalue weighted by Gasteiger charge is -2.09. The molecule has 1 aromatic carbocycles. The molecule has 0 unspecified atom stereocenters. The Labute approximate surface area is 108 Å². The van der Waals surface area contributed by atoms with Crippen molar-refractivity contribution in [1.82, 2.24) is 4.57 Å². The number of aryl methyl sites for hydroxylation is 1. The van der Waals surface area contributed by atoms with Gasteiger partial charge in [-0.25, -0.2) is 13.8 Å². The predicted octanol–water partition coefficient (Wildman–Crippen LogP) is 3.95. The summed E-state index contributed by atoms with van der Waals surface area (Å²) in [5, 5.41) is 1.97. The van der Waals surface area contributed by atoms with Gasteiger partial charge in [-0.1, -0.05) is 0 Å². The van der Waals surface area contributed by atoms with E-state index >= 15 is 0 Å². The minimum absolute atomic E-state index is 0.160. The van der Waals surface area contributed by atoms with E-state index in [0.29, 0.717) is 4.80 Å². The lowest BCUT2D eigenvalue weighted by molar-refractivity contribution is 0.565. The van der Waals surface area contributed by atoms with Crippen molar-refractivity contribution >= 4 is 17.0 Å². The molecule has 0 aliphatic carbocycles. The van der Waals surface area contributed by atoms with Crippen LogP contribution in [-0.2, 0) is 0 Å². The molecule has 2 nitrogen and oxygen atoms in total. The van der Waals surface area contributed by atoms with E-state index in [2.05, 4.69) is 4.99 Å². The van der Waals surface area contributed by atoms with Crippen LogP contribution in [0.4, 0.5) is 14.5 Å². The summed E-state index contributed by atoms with van der Waals surface area (Å²) in [7, 11) is 0. The zero-order valence-corrected chi connectivity index (χ0v) is 11.3. The molecule has 0 bridgehead atoms. The van der Waals surface area contributed by atoms with Gasteiger partial charge in [0, 0.05) is 23.2 Å². The summed E-state index contributed by atoms with van der Waals surface area (Å²) in [6.07, 6.45) is 0. The van der Waals surface area contributed by atoms with Gasteiger partial charge in [-0.2, -0.15) is 0 Å². The first-order valence-electron chi connectivity index (χ1n) is 5.65. The third kappa shape index (κ3) is 2.51. The Hall–Kier alpha value is -1.49. The number of hydrogen-bond donors (Lipinski definition) is 0. The van der Waals surface area contributed by atoms with Crippen molar-refractivity contribution in [2.75, 3.05) is 0 Å². The molecular formula is C13H14F2N2S. The fraction of sp³-hybridized carbons (Fsp3) is 0.308. The summed E-state index contributed by atoms with van der Waals surface area (Å²) in [5.41, 5.74) is 1.24. The second-order valence-corrected chi connectivity index (χ2v) is 5.17. The van der Waals surface area contributed by atoms with Gasteiger partial charge in [0.25, 0.3) is 0 Å². The molecule has 1 heterocycles. The zero-order valence-electron chi connectivity index (χ0n) is 10.4. The van der Waals surface area contributed by atoms with Gasteiger partial charge in [-0.15, -0.1) is 11.3 Å². The third-order valence-corrected chi connectivity index (χ3v) is 3.52. The van der Waals surface area contributed by atoms with Crippen molar-refractivity contribution < 1.29 is 8.78 Å². The highest BCUT2D eigenvalue weighted by molar-refractivity contribution is 7.07. The second-order valence-electron chi connectivity index (χ2n) is 4.33. The molecule has 2 aromatic rings. The Balaban J connectivity index is 2.57. The van der Waals surface area contributed by atoms with Crippen LogP contribution in [0.5, 0.6) is 0 Å². The van der Waals surface area contributed by atoms with E-state index in [1.807, 2.05) is 30.7 Å². The van der Waals surface area contributed by atoms with Crippen molar-refractivity contribution in [3.63, 3.8) is 0 Å². The summed E-state index contributed by atoms with van der Waals surface area (Å²) in [6, 6.07) is 3.66. The maximum atomic E-state index is 13.5. The molecule has 0 amide bonds. The lowest BCUT2D eigenvalue weighted by atomic mass is 10.3. The molecule has 0 aliphatic heterocycles. The predicted molar refractivity (Wildman–Crippen MR) is 69.0 cm³/mol. The van der Waals surface area contributed by atoms with Crippen molar-refractivity contribution in [3.8, 4) is 0 Å². The molecule has 0 aliphatic rings. The Morgan fingerprint density at radius 2 is 2.00 bits per heavy atom. The molecular weight excluding hydrogens is 254 g/mol. The van der Waals surface area contributed by atoms with Crippen LogP contribution < -0.4 is 4.80 Å². The van der Waals surface area contributed by atoms with E-state index in [1.165, 1.54) is 23.5 Å². The van der Waals surface area contributed by atoms with Crippen LogP contribution in [0.25, 0.3) is 0 Å². The lowest BCUT2D eigenvalue weighted by Crippen LogP contribution is -2.18. The summed E-state index contributed by atoms with van der Waals surface area (Å²) in [5.74, 6) is -1.23. The van der Waals surface area contributed by atoms with E-state index < -0.39 is 11.6 Å². The minimum atomic E-state index is -0.642. The van der Waals surface area contributed by atoms with E-state index in [0.717, 1.165) is 11.8 Å². The molecule has 0 atom stereocenters. The molecule has 0 spiro atoms. The molecule has 96 valence electrons. The first-order chi connectivity index (χ1) is 8.49. The second kappa shape index (κ2) is 5.02. The van der Waals surface area contributed by atoms with Crippen LogP contribution in [0.2, 0.25) is 0 Å². The highest BCUT2D eigenvalue weighted by atomic mass is 32.1. The van der Waals surface area contributed by atoms with E-state index in [1.54, 1.807) is 0 Å². The van der Waals surface area contributed by atoms with Crippen LogP contribution in [0.1, 0.15) is 25.6 Å². The first kappa shape index (κ1) is 13.0. The SMILES string of the molecule is Cc1csc(=Nc2ccc(F)cc2F)n1C(C)C. The fourth-order valence-corrected chi connectivity index (χ4v) is 2.79. The number of hydrogen-bond acceptors (Lipinski definition) is 2. The van der Waals surface area contributed by atoms with Gasteiger partial charge in [0.15, 0.2) is 10.6 Å². The fourth-order valence-electron chi connectivity index (χ4n) is 1.79. The summed E-state index contributed by atoms with van der Waals surface area (Å²) in [4.78, 5) is 4.98. The molecule has 0 radical (unpaired) electrons. The van der Waals surface area contributed by atoms with E-state index in [4.69, 9.17) is 0 Å². The Kier molecular flexibility index (Phi) is 3.61. The average Bonchev–Trinajstić information content (AvgIpc) is 2.64. The number of rotatable bonds is 2. The molecule has 0 N–H and O–H groups in total.